The predicted molar refractivity (Wildman–Crippen MR) is 125 cm³/mol. The molecule has 4 aromatic rings. The Kier molecular flexibility index (Phi) is 6.12. The lowest BCUT2D eigenvalue weighted by Crippen LogP contribution is -2.29. The zero-order valence-electron chi connectivity index (χ0n) is 17.8. The van der Waals surface area contributed by atoms with Gasteiger partial charge in [-0.3, -0.25) is 4.79 Å². The molecule has 32 heavy (non-hydrogen) atoms. The van der Waals surface area contributed by atoms with Crippen LogP contribution in [0.2, 0.25) is 0 Å². The van der Waals surface area contributed by atoms with E-state index >= 15 is 0 Å². The lowest BCUT2D eigenvalue weighted by atomic mass is 9.91. The van der Waals surface area contributed by atoms with E-state index < -0.39 is 10.0 Å². The molecule has 0 saturated heterocycles. The number of nitrogens with one attached hydrogen (secondary N) is 2. The van der Waals surface area contributed by atoms with E-state index in [0.29, 0.717) is 5.56 Å². The van der Waals surface area contributed by atoms with Gasteiger partial charge in [0.2, 0.25) is 10.0 Å². The second kappa shape index (κ2) is 8.98. The van der Waals surface area contributed by atoms with Gasteiger partial charge in [-0.05, 0) is 48.4 Å². The van der Waals surface area contributed by atoms with E-state index in [1.165, 1.54) is 19.1 Å². The van der Waals surface area contributed by atoms with Crippen molar-refractivity contribution in [1.29, 1.82) is 0 Å². The largest absolute Gasteiger partial charge is 0.497 e. The van der Waals surface area contributed by atoms with Gasteiger partial charge in [-0.25, -0.2) is 13.1 Å². The van der Waals surface area contributed by atoms with E-state index in [1.807, 2.05) is 54.7 Å². The quantitative estimate of drug-likeness (QED) is 0.389. The van der Waals surface area contributed by atoms with E-state index in [4.69, 9.17) is 4.74 Å². The summed E-state index contributed by atoms with van der Waals surface area (Å²) in [5, 5.41) is 1.03. The van der Waals surface area contributed by atoms with Crippen molar-refractivity contribution >= 4 is 26.7 Å². The zero-order chi connectivity index (χ0) is 22.7. The Morgan fingerprint density at radius 3 is 2.50 bits per heavy atom. The van der Waals surface area contributed by atoms with Gasteiger partial charge in [0.25, 0.3) is 0 Å². The number of para-hydroxylation sites is 1. The van der Waals surface area contributed by atoms with Gasteiger partial charge < -0.3 is 9.72 Å². The second-order valence-electron chi connectivity index (χ2n) is 7.55. The van der Waals surface area contributed by atoms with Crippen molar-refractivity contribution in [3.63, 3.8) is 0 Å². The van der Waals surface area contributed by atoms with Crippen LogP contribution in [0, 0.1) is 0 Å². The Balaban J connectivity index is 1.69. The number of sulfonamides is 1. The normalized spacial score (nSPS) is 12.6. The molecule has 6 nitrogen and oxygen atoms in total. The van der Waals surface area contributed by atoms with Crippen LogP contribution in [-0.4, -0.2) is 32.8 Å². The molecular formula is C25H24N2O4S. The van der Waals surface area contributed by atoms with Gasteiger partial charge >= 0.3 is 0 Å². The van der Waals surface area contributed by atoms with Crippen LogP contribution in [0.25, 0.3) is 10.9 Å². The fourth-order valence-electron chi connectivity index (χ4n) is 3.78. The number of benzene rings is 3. The van der Waals surface area contributed by atoms with Crippen LogP contribution < -0.4 is 9.46 Å². The molecule has 0 aliphatic heterocycles. The zero-order valence-corrected chi connectivity index (χ0v) is 18.6. The molecule has 0 radical (unpaired) electrons. The summed E-state index contributed by atoms with van der Waals surface area (Å²) in [4.78, 5) is 15.0. The van der Waals surface area contributed by atoms with Crippen molar-refractivity contribution in [3.8, 4) is 5.75 Å². The summed E-state index contributed by atoms with van der Waals surface area (Å²) in [6, 6.07) is 21.6. The number of ether oxygens (including phenoxy) is 1. The molecule has 1 heterocycles. The number of hydrogen-bond donors (Lipinski definition) is 2. The summed E-state index contributed by atoms with van der Waals surface area (Å²) in [5.41, 5.74) is 3.29. The number of H-pyrrole nitrogens is 1. The molecule has 0 saturated carbocycles. The van der Waals surface area contributed by atoms with E-state index in [0.717, 1.165) is 27.8 Å². The minimum Gasteiger partial charge on any atom is -0.497 e. The number of carbonyl (C=O) groups excluding carboxylic acids is 1. The molecule has 7 heteroatoms. The first-order chi connectivity index (χ1) is 15.4. The molecular weight excluding hydrogens is 424 g/mol. The summed E-state index contributed by atoms with van der Waals surface area (Å²) in [5.74, 6) is 0.313. The first-order valence-corrected chi connectivity index (χ1v) is 11.7. The van der Waals surface area contributed by atoms with Gasteiger partial charge in [0.1, 0.15) is 5.75 Å². The highest BCUT2D eigenvalue weighted by molar-refractivity contribution is 7.89. The van der Waals surface area contributed by atoms with Crippen LogP contribution >= 0.6 is 0 Å². The van der Waals surface area contributed by atoms with E-state index in [9.17, 15) is 13.2 Å². The molecule has 0 unspecified atom stereocenters. The SMILES string of the molecule is COc1ccc([C@@H](CNS(=O)(=O)c2cccc(C(C)=O)c2)c2c[nH]c3ccccc23)cc1. The van der Waals surface area contributed by atoms with Crippen molar-refractivity contribution in [3.05, 3.63) is 95.7 Å². The number of fused-ring (bicyclic) bond motifs is 1. The van der Waals surface area contributed by atoms with Crippen LogP contribution in [0.3, 0.4) is 0 Å². The number of hydrogen-bond acceptors (Lipinski definition) is 4. The molecule has 0 aliphatic carbocycles. The van der Waals surface area contributed by atoms with Crippen molar-refractivity contribution in [2.75, 3.05) is 13.7 Å². The van der Waals surface area contributed by atoms with Gasteiger partial charge in [0.05, 0.1) is 12.0 Å². The maximum atomic E-state index is 13.0. The maximum Gasteiger partial charge on any atom is 0.240 e. The smallest absolute Gasteiger partial charge is 0.240 e. The van der Waals surface area contributed by atoms with Crippen LogP contribution in [0.4, 0.5) is 0 Å². The Bertz CT molecular complexity index is 1360. The van der Waals surface area contributed by atoms with Crippen molar-refractivity contribution < 1.29 is 17.9 Å². The highest BCUT2D eigenvalue weighted by Crippen LogP contribution is 2.31. The number of Topliss-reactive ketones (excluding diaryl/α,β-unsaturated/α-hetero) is 1. The molecule has 0 fully saturated rings. The Labute approximate surface area is 187 Å². The first-order valence-electron chi connectivity index (χ1n) is 10.2. The van der Waals surface area contributed by atoms with E-state index in [-0.39, 0.29) is 23.1 Å². The number of rotatable bonds is 8. The number of methoxy groups -OCH3 is 1. The molecule has 0 spiro atoms. The molecule has 0 aliphatic rings. The lowest BCUT2D eigenvalue weighted by molar-refractivity contribution is 0.101. The van der Waals surface area contributed by atoms with Crippen LogP contribution in [0.1, 0.15) is 34.3 Å². The van der Waals surface area contributed by atoms with Crippen molar-refractivity contribution in [2.45, 2.75) is 17.7 Å². The average Bonchev–Trinajstić information content (AvgIpc) is 3.24. The van der Waals surface area contributed by atoms with Gasteiger partial charge in [0.15, 0.2) is 5.78 Å². The number of ketones is 1. The Morgan fingerprint density at radius 1 is 1.03 bits per heavy atom. The molecule has 1 atom stereocenters. The number of carbonyl (C=O) groups is 1. The topological polar surface area (TPSA) is 88.3 Å². The van der Waals surface area contributed by atoms with Crippen LogP contribution in [0.5, 0.6) is 5.75 Å². The summed E-state index contributed by atoms with van der Waals surface area (Å²) in [6.45, 7) is 1.57. The summed E-state index contributed by atoms with van der Waals surface area (Å²) in [6.07, 6.45) is 1.92. The molecule has 164 valence electrons. The highest BCUT2D eigenvalue weighted by Gasteiger charge is 2.22. The Morgan fingerprint density at radius 2 is 1.78 bits per heavy atom. The van der Waals surface area contributed by atoms with E-state index in [2.05, 4.69) is 9.71 Å². The average molecular weight is 449 g/mol. The summed E-state index contributed by atoms with van der Waals surface area (Å²) < 4.78 is 34.1. The Hall–Kier alpha value is -3.42. The van der Waals surface area contributed by atoms with Gasteiger partial charge in [-0.1, -0.05) is 42.5 Å². The lowest BCUT2D eigenvalue weighted by Gasteiger charge is -2.19. The first kappa shape index (κ1) is 21.8. The van der Waals surface area contributed by atoms with Crippen LogP contribution in [-0.2, 0) is 10.0 Å². The fourth-order valence-corrected chi connectivity index (χ4v) is 4.88. The van der Waals surface area contributed by atoms with Gasteiger partial charge in [-0.15, -0.1) is 0 Å². The molecule has 3 aromatic carbocycles. The highest BCUT2D eigenvalue weighted by atomic mass is 32.2. The fraction of sp³-hybridized carbons (Fsp3) is 0.160. The third kappa shape index (κ3) is 4.44. The molecule has 0 bridgehead atoms. The predicted octanol–water partition coefficient (Wildman–Crippen LogP) is 4.49. The maximum absolute atomic E-state index is 13.0. The van der Waals surface area contributed by atoms with Crippen LogP contribution in [0.15, 0.2) is 83.9 Å². The van der Waals surface area contributed by atoms with Crippen molar-refractivity contribution in [2.24, 2.45) is 0 Å². The van der Waals surface area contributed by atoms with E-state index in [1.54, 1.807) is 19.2 Å². The second-order valence-corrected chi connectivity index (χ2v) is 9.32. The summed E-state index contributed by atoms with van der Waals surface area (Å²) in [7, 11) is -2.21. The summed E-state index contributed by atoms with van der Waals surface area (Å²) >= 11 is 0. The molecule has 1 aromatic heterocycles. The molecule has 2 N–H and O–H groups in total. The standard InChI is InChI=1S/C25H24N2O4S/c1-17(28)19-6-5-7-21(14-19)32(29,30)27-16-23(18-10-12-20(31-2)13-11-18)24-15-26-25-9-4-3-8-22(24)25/h3-15,23,26-27H,16H2,1-2H3/t23-/m1/s1. The van der Waals surface area contributed by atoms with Gasteiger partial charge in [0, 0.05) is 35.1 Å². The molecule has 4 rings (SSSR count). The third-order valence-corrected chi connectivity index (χ3v) is 6.96. The monoisotopic (exact) mass is 448 g/mol. The number of aromatic nitrogens is 1. The van der Waals surface area contributed by atoms with Crippen molar-refractivity contribution in [1.82, 2.24) is 9.71 Å². The number of aromatic amines is 1. The van der Waals surface area contributed by atoms with Gasteiger partial charge in [-0.2, -0.15) is 0 Å². The minimum absolute atomic E-state index is 0.0672. The third-order valence-electron chi connectivity index (χ3n) is 5.54. The minimum atomic E-state index is -3.81. The molecule has 0 amide bonds.